The zero-order chi connectivity index (χ0) is 11.1. The van der Waals surface area contributed by atoms with Gasteiger partial charge < -0.3 is 9.72 Å². The molecule has 5 heteroatoms. The average molecular weight is 215 g/mol. The van der Waals surface area contributed by atoms with Crippen molar-refractivity contribution in [2.45, 2.75) is 0 Å². The highest BCUT2D eigenvalue weighted by Gasteiger charge is 2.09. The van der Waals surface area contributed by atoms with Gasteiger partial charge in [0.15, 0.2) is 5.65 Å². The summed E-state index contributed by atoms with van der Waals surface area (Å²) in [5, 5.41) is 0.835. The first-order chi connectivity index (χ1) is 7.81. The summed E-state index contributed by atoms with van der Waals surface area (Å²) >= 11 is 0. The van der Waals surface area contributed by atoms with E-state index in [0.717, 1.165) is 10.9 Å². The van der Waals surface area contributed by atoms with Crippen LogP contribution in [0.5, 0.6) is 5.75 Å². The Morgan fingerprint density at radius 1 is 1.44 bits per heavy atom. The van der Waals surface area contributed by atoms with E-state index in [2.05, 4.69) is 9.97 Å². The molecule has 0 spiro atoms. The smallest absolute Gasteiger partial charge is 0.331 e. The number of methoxy groups -OCH3 is 1. The summed E-state index contributed by atoms with van der Waals surface area (Å²) in [6.45, 7) is 0. The number of hydrogen-bond acceptors (Lipinski definition) is 3. The van der Waals surface area contributed by atoms with Crippen LogP contribution >= 0.6 is 0 Å². The standard InChI is InChI=1S/C11H9N3O2/c1-16-9-3-5-12-10-8(9)6-7-2-4-13-11(15)14(7)10/h2-6H,1H3,(H,13,15). The summed E-state index contributed by atoms with van der Waals surface area (Å²) in [5.41, 5.74) is 1.21. The van der Waals surface area contributed by atoms with E-state index in [1.165, 1.54) is 4.40 Å². The Bertz CT molecular complexity index is 727. The molecule has 0 bridgehead atoms. The molecule has 3 aromatic heterocycles. The minimum absolute atomic E-state index is 0.201. The minimum atomic E-state index is -0.201. The molecule has 80 valence electrons. The number of nitrogens with zero attached hydrogens (tertiary/aromatic N) is 2. The third-order valence-corrected chi connectivity index (χ3v) is 2.58. The number of hydrogen-bond donors (Lipinski definition) is 1. The fourth-order valence-corrected chi connectivity index (χ4v) is 1.87. The van der Waals surface area contributed by atoms with Crippen molar-refractivity contribution in [2.75, 3.05) is 7.11 Å². The van der Waals surface area contributed by atoms with Gasteiger partial charge in [-0.15, -0.1) is 0 Å². The van der Waals surface area contributed by atoms with Crippen LogP contribution < -0.4 is 10.4 Å². The van der Waals surface area contributed by atoms with E-state index < -0.39 is 0 Å². The normalized spacial score (nSPS) is 11.1. The lowest BCUT2D eigenvalue weighted by Gasteiger charge is -1.99. The van der Waals surface area contributed by atoms with Crippen molar-refractivity contribution in [1.82, 2.24) is 14.4 Å². The van der Waals surface area contributed by atoms with Crippen LogP contribution in [-0.4, -0.2) is 21.5 Å². The Labute approximate surface area is 90.3 Å². The molecule has 16 heavy (non-hydrogen) atoms. The Kier molecular flexibility index (Phi) is 1.73. The number of nitrogens with one attached hydrogen (secondary N) is 1. The Hall–Kier alpha value is -2.30. The number of aromatic amines is 1. The molecule has 0 aliphatic carbocycles. The van der Waals surface area contributed by atoms with Crippen LogP contribution in [0.1, 0.15) is 0 Å². The topological polar surface area (TPSA) is 59.4 Å². The molecule has 0 aromatic carbocycles. The lowest BCUT2D eigenvalue weighted by atomic mass is 10.3. The molecule has 0 radical (unpaired) electrons. The van der Waals surface area contributed by atoms with Crippen molar-refractivity contribution < 1.29 is 4.74 Å². The molecule has 0 aliphatic heterocycles. The summed E-state index contributed by atoms with van der Waals surface area (Å²) in [7, 11) is 1.60. The van der Waals surface area contributed by atoms with Crippen LogP contribution in [-0.2, 0) is 0 Å². The Morgan fingerprint density at radius 3 is 3.12 bits per heavy atom. The molecule has 0 saturated carbocycles. The molecule has 5 nitrogen and oxygen atoms in total. The van der Waals surface area contributed by atoms with E-state index in [0.29, 0.717) is 11.4 Å². The average Bonchev–Trinajstić information content (AvgIpc) is 2.68. The second-order valence-electron chi connectivity index (χ2n) is 3.44. The highest BCUT2D eigenvalue weighted by molar-refractivity contribution is 5.89. The highest BCUT2D eigenvalue weighted by atomic mass is 16.5. The molecule has 0 atom stereocenters. The van der Waals surface area contributed by atoms with Crippen LogP contribution in [0.3, 0.4) is 0 Å². The number of rotatable bonds is 1. The van der Waals surface area contributed by atoms with E-state index in [4.69, 9.17) is 4.74 Å². The number of fused-ring (bicyclic) bond motifs is 3. The zero-order valence-electron chi connectivity index (χ0n) is 8.60. The zero-order valence-corrected chi connectivity index (χ0v) is 8.60. The number of aromatic nitrogens is 3. The number of pyridine rings is 1. The fraction of sp³-hybridized carbons (Fsp3) is 0.0909. The van der Waals surface area contributed by atoms with Gasteiger partial charge in [0.05, 0.1) is 18.0 Å². The van der Waals surface area contributed by atoms with Crippen LogP contribution in [0.2, 0.25) is 0 Å². The van der Waals surface area contributed by atoms with Gasteiger partial charge in [0, 0.05) is 12.4 Å². The van der Waals surface area contributed by atoms with Crippen LogP contribution in [0.15, 0.2) is 35.4 Å². The van der Waals surface area contributed by atoms with Crippen molar-refractivity contribution in [3.8, 4) is 5.75 Å². The van der Waals surface area contributed by atoms with Crippen molar-refractivity contribution in [2.24, 2.45) is 0 Å². The predicted molar refractivity (Wildman–Crippen MR) is 59.9 cm³/mol. The quantitative estimate of drug-likeness (QED) is 0.663. The van der Waals surface area contributed by atoms with Crippen LogP contribution in [0.4, 0.5) is 0 Å². The molecule has 3 heterocycles. The maximum atomic E-state index is 11.7. The second-order valence-corrected chi connectivity index (χ2v) is 3.44. The van der Waals surface area contributed by atoms with E-state index in [-0.39, 0.29) is 5.69 Å². The van der Waals surface area contributed by atoms with Gasteiger partial charge in [0.2, 0.25) is 0 Å². The SMILES string of the molecule is COc1ccnc2c1cc1cc[nH]c(=O)n12. The Morgan fingerprint density at radius 2 is 2.31 bits per heavy atom. The maximum absolute atomic E-state index is 11.7. The van der Waals surface area contributed by atoms with Gasteiger partial charge in [-0.05, 0) is 18.2 Å². The minimum Gasteiger partial charge on any atom is -0.496 e. The first-order valence-corrected chi connectivity index (χ1v) is 4.83. The van der Waals surface area contributed by atoms with Gasteiger partial charge in [0.25, 0.3) is 0 Å². The molecule has 0 amide bonds. The van der Waals surface area contributed by atoms with E-state index in [9.17, 15) is 4.79 Å². The molecule has 3 rings (SSSR count). The predicted octanol–water partition coefficient (Wildman–Crippen LogP) is 1.18. The molecule has 0 fully saturated rings. The molecule has 1 N–H and O–H groups in total. The van der Waals surface area contributed by atoms with Crippen molar-refractivity contribution in [3.05, 3.63) is 41.1 Å². The van der Waals surface area contributed by atoms with Gasteiger partial charge >= 0.3 is 5.69 Å². The third kappa shape index (κ3) is 1.05. The van der Waals surface area contributed by atoms with Crippen molar-refractivity contribution in [3.63, 3.8) is 0 Å². The molecule has 0 saturated heterocycles. The first-order valence-electron chi connectivity index (χ1n) is 4.83. The molecular weight excluding hydrogens is 206 g/mol. The van der Waals surface area contributed by atoms with Crippen molar-refractivity contribution in [1.29, 1.82) is 0 Å². The van der Waals surface area contributed by atoms with Crippen molar-refractivity contribution >= 4 is 16.6 Å². The van der Waals surface area contributed by atoms with Gasteiger partial charge in [0.1, 0.15) is 5.75 Å². The maximum Gasteiger partial charge on any atom is 0.331 e. The molecule has 3 aromatic rings. The molecule has 0 unspecified atom stereocenters. The summed E-state index contributed by atoms with van der Waals surface area (Å²) < 4.78 is 6.76. The van der Waals surface area contributed by atoms with Gasteiger partial charge in [-0.2, -0.15) is 0 Å². The van der Waals surface area contributed by atoms with E-state index >= 15 is 0 Å². The Balaban J connectivity index is 2.61. The molecular formula is C11H9N3O2. The van der Waals surface area contributed by atoms with Gasteiger partial charge in [-0.25, -0.2) is 14.2 Å². The summed E-state index contributed by atoms with van der Waals surface area (Å²) in [6, 6.07) is 5.48. The van der Waals surface area contributed by atoms with Crippen LogP contribution in [0, 0.1) is 0 Å². The largest absolute Gasteiger partial charge is 0.496 e. The van der Waals surface area contributed by atoms with E-state index in [1.807, 2.05) is 12.1 Å². The highest BCUT2D eigenvalue weighted by Crippen LogP contribution is 2.25. The van der Waals surface area contributed by atoms with Crippen LogP contribution in [0.25, 0.3) is 16.6 Å². The fourth-order valence-electron chi connectivity index (χ4n) is 1.87. The lowest BCUT2D eigenvalue weighted by molar-refractivity contribution is 0.419. The number of ether oxygens (including phenoxy) is 1. The first kappa shape index (κ1) is 8.96. The second kappa shape index (κ2) is 3.10. The van der Waals surface area contributed by atoms with E-state index in [1.54, 1.807) is 25.6 Å². The molecule has 0 aliphatic rings. The summed E-state index contributed by atoms with van der Waals surface area (Å²) in [5.74, 6) is 0.716. The summed E-state index contributed by atoms with van der Waals surface area (Å²) in [6.07, 6.45) is 3.24. The number of H-pyrrole nitrogens is 1. The third-order valence-electron chi connectivity index (χ3n) is 2.58. The summed E-state index contributed by atoms with van der Waals surface area (Å²) in [4.78, 5) is 18.5. The van der Waals surface area contributed by atoms with Gasteiger partial charge in [-0.1, -0.05) is 0 Å². The lowest BCUT2D eigenvalue weighted by Crippen LogP contribution is -2.14. The monoisotopic (exact) mass is 215 g/mol. The van der Waals surface area contributed by atoms with Gasteiger partial charge in [-0.3, -0.25) is 0 Å².